The van der Waals surface area contributed by atoms with Gasteiger partial charge in [0.15, 0.2) is 11.5 Å². The van der Waals surface area contributed by atoms with Gasteiger partial charge in [-0.25, -0.2) is 0 Å². The lowest BCUT2D eigenvalue weighted by molar-refractivity contribution is 0.130. The van der Waals surface area contributed by atoms with Crippen LogP contribution in [0, 0.1) is 0 Å². The number of nitrogens with one attached hydrogen (secondary N) is 1. The molecule has 0 fully saturated rings. The number of likely N-dealkylation sites (N-methyl/N-ethyl adjacent to an activating group) is 1. The van der Waals surface area contributed by atoms with E-state index in [0.717, 1.165) is 24.5 Å². The first-order valence-electron chi connectivity index (χ1n) is 7.33. The van der Waals surface area contributed by atoms with Crippen LogP contribution in [0.15, 0.2) is 18.2 Å². The van der Waals surface area contributed by atoms with E-state index >= 15 is 0 Å². The van der Waals surface area contributed by atoms with Crippen LogP contribution in [-0.2, 0) is 6.42 Å². The molecule has 20 heavy (non-hydrogen) atoms. The van der Waals surface area contributed by atoms with Gasteiger partial charge in [-0.3, -0.25) is 0 Å². The molecule has 0 saturated carbocycles. The predicted molar refractivity (Wildman–Crippen MR) is 79.5 cm³/mol. The Balaban J connectivity index is 2.02. The van der Waals surface area contributed by atoms with Crippen molar-refractivity contribution in [3.05, 3.63) is 23.8 Å². The number of para-hydroxylation sites is 1. The second-order valence-corrected chi connectivity index (χ2v) is 5.86. The second kappa shape index (κ2) is 6.46. The zero-order valence-corrected chi connectivity index (χ0v) is 12.6. The largest absolute Gasteiger partial charge is 0.488 e. The van der Waals surface area contributed by atoms with Crippen LogP contribution in [0.25, 0.3) is 0 Å². The summed E-state index contributed by atoms with van der Waals surface area (Å²) in [5.41, 5.74) is 1.04. The molecule has 0 bridgehead atoms. The molecule has 1 atom stereocenters. The number of fused-ring (bicyclic) bond motifs is 1. The molecule has 112 valence electrons. The highest BCUT2D eigenvalue weighted by Gasteiger charge is 2.32. The molecule has 1 aliphatic heterocycles. The predicted octanol–water partition coefficient (Wildman–Crippen LogP) is 2.14. The van der Waals surface area contributed by atoms with Gasteiger partial charge in [0.25, 0.3) is 0 Å². The zero-order valence-electron chi connectivity index (χ0n) is 12.6. The minimum atomic E-state index is -0.159. The van der Waals surface area contributed by atoms with Gasteiger partial charge in [-0.2, -0.15) is 0 Å². The normalized spacial score (nSPS) is 17.4. The average Bonchev–Trinajstić information content (AvgIpc) is 2.71. The number of hydrogen-bond donors (Lipinski definition) is 2. The Bertz CT molecular complexity index is 439. The highest BCUT2D eigenvalue weighted by Crippen LogP contribution is 2.41. The smallest absolute Gasteiger partial charge is 0.165 e. The van der Waals surface area contributed by atoms with Crippen molar-refractivity contribution in [2.75, 3.05) is 19.8 Å². The van der Waals surface area contributed by atoms with Gasteiger partial charge >= 0.3 is 0 Å². The molecule has 0 spiro atoms. The van der Waals surface area contributed by atoms with Crippen LogP contribution in [0.2, 0.25) is 0 Å². The maximum atomic E-state index is 9.06. The molecule has 0 aliphatic carbocycles. The Morgan fingerprint density at radius 2 is 2.25 bits per heavy atom. The number of hydrogen-bond acceptors (Lipinski definition) is 4. The van der Waals surface area contributed by atoms with E-state index in [0.29, 0.717) is 13.0 Å². The maximum absolute atomic E-state index is 9.06. The summed E-state index contributed by atoms with van der Waals surface area (Å²) in [6.07, 6.45) is 1.60. The van der Waals surface area contributed by atoms with Crippen LogP contribution in [-0.4, -0.2) is 36.5 Å². The van der Waals surface area contributed by atoms with E-state index in [1.807, 2.05) is 12.1 Å². The van der Waals surface area contributed by atoms with Crippen LogP contribution >= 0.6 is 0 Å². The molecule has 4 nitrogen and oxygen atoms in total. The Hall–Kier alpha value is -1.26. The van der Waals surface area contributed by atoms with E-state index < -0.39 is 0 Å². The molecule has 0 saturated heterocycles. The van der Waals surface area contributed by atoms with E-state index in [-0.39, 0.29) is 18.2 Å². The Kier molecular flexibility index (Phi) is 4.89. The van der Waals surface area contributed by atoms with Gasteiger partial charge in [0.1, 0.15) is 12.2 Å². The fraction of sp³-hybridized carbons (Fsp3) is 0.625. The summed E-state index contributed by atoms with van der Waals surface area (Å²) in [5, 5.41) is 12.4. The topological polar surface area (TPSA) is 50.7 Å². The van der Waals surface area contributed by atoms with Crippen molar-refractivity contribution < 1.29 is 14.6 Å². The lowest BCUT2D eigenvalue weighted by Crippen LogP contribution is -2.35. The Labute approximate surface area is 121 Å². The summed E-state index contributed by atoms with van der Waals surface area (Å²) in [5.74, 6) is 1.67. The minimum absolute atomic E-state index is 0.159. The molecule has 1 aromatic rings. The fourth-order valence-electron chi connectivity index (χ4n) is 2.58. The number of rotatable bonds is 7. The first kappa shape index (κ1) is 15.1. The van der Waals surface area contributed by atoms with E-state index in [2.05, 4.69) is 32.2 Å². The number of ether oxygens (including phenoxy) is 2. The molecule has 0 aromatic heterocycles. The fourth-order valence-corrected chi connectivity index (χ4v) is 2.58. The first-order valence-corrected chi connectivity index (χ1v) is 7.33. The van der Waals surface area contributed by atoms with Crippen LogP contribution in [0.4, 0.5) is 0 Å². The summed E-state index contributed by atoms with van der Waals surface area (Å²) < 4.78 is 11.9. The molecule has 1 heterocycles. The van der Waals surface area contributed by atoms with Crippen molar-refractivity contribution in [3.8, 4) is 11.5 Å². The van der Waals surface area contributed by atoms with Crippen LogP contribution in [0.1, 0.15) is 32.8 Å². The molecule has 1 aliphatic rings. The van der Waals surface area contributed by atoms with Crippen molar-refractivity contribution in [1.29, 1.82) is 0 Å². The summed E-state index contributed by atoms with van der Waals surface area (Å²) in [7, 11) is 0. The second-order valence-electron chi connectivity index (χ2n) is 5.86. The first-order chi connectivity index (χ1) is 9.55. The van der Waals surface area contributed by atoms with Gasteiger partial charge in [-0.1, -0.05) is 19.1 Å². The summed E-state index contributed by atoms with van der Waals surface area (Å²) >= 11 is 0. The third kappa shape index (κ3) is 3.64. The zero-order chi connectivity index (χ0) is 14.6. The maximum Gasteiger partial charge on any atom is 0.165 e. The monoisotopic (exact) mass is 279 g/mol. The van der Waals surface area contributed by atoms with Crippen LogP contribution < -0.4 is 14.8 Å². The van der Waals surface area contributed by atoms with Crippen molar-refractivity contribution in [3.63, 3.8) is 0 Å². The Morgan fingerprint density at radius 3 is 2.95 bits per heavy atom. The van der Waals surface area contributed by atoms with Gasteiger partial charge < -0.3 is 19.9 Å². The lowest BCUT2D eigenvalue weighted by atomic mass is 10.0. The van der Waals surface area contributed by atoms with E-state index in [1.165, 1.54) is 5.56 Å². The van der Waals surface area contributed by atoms with Crippen molar-refractivity contribution in [1.82, 2.24) is 5.32 Å². The highest BCUT2D eigenvalue weighted by molar-refractivity contribution is 5.50. The molecule has 0 radical (unpaired) electrons. The third-order valence-electron chi connectivity index (χ3n) is 3.47. The summed E-state index contributed by atoms with van der Waals surface area (Å²) in [4.78, 5) is 0. The summed E-state index contributed by atoms with van der Waals surface area (Å²) in [6, 6.07) is 6.21. The van der Waals surface area contributed by atoms with Gasteiger partial charge in [0.2, 0.25) is 0 Å². The molecule has 1 aromatic carbocycles. The van der Waals surface area contributed by atoms with E-state index in [9.17, 15) is 0 Å². The van der Waals surface area contributed by atoms with Gasteiger partial charge in [-0.05, 0) is 32.9 Å². The molecular weight excluding hydrogens is 254 g/mol. The number of aliphatic hydroxyl groups excluding tert-OH is 1. The van der Waals surface area contributed by atoms with Gasteiger partial charge in [-0.15, -0.1) is 0 Å². The molecule has 1 unspecified atom stereocenters. The van der Waals surface area contributed by atoms with Crippen LogP contribution in [0.3, 0.4) is 0 Å². The van der Waals surface area contributed by atoms with Crippen LogP contribution in [0.5, 0.6) is 11.5 Å². The minimum Gasteiger partial charge on any atom is -0.488 e. The lowest BCUT2D eigenvalue weighted by Gasteiger charge is -2.20. The summed E-state index contributed by atoms with van der Waals surface area (Å²) in [6.45, 7) is 7.79. The third-order valence-corrected chi connectivity index (χ3v) is 3.47. The Morgan fingerprint density at radius 1 is 1.45 bits per heavy atom. The molecule has 0 amide bonds. The quantitative estimate of drug-likeness (QED) is 0.803. The number of benzene rings is 1. The van der Waals surface area contributed by atoms with Crippen molar-refractivity contribution >= 4 is 0 Å². The standard InChI is InChI=1S/C16H25NO3/c1-4-17-13(8-9-18)11-19-14-7-5-6-12-10-16(2,3)20-15(12)14/h5-7,13,17-18H,4,8-11H2,1-3H3. The van der Waals surface area contributed by atoms with Crippen molar-refractivity contribution in [2.45, 2.75) is 45.3 Å². The molecular formula is C16H25NO3. The van der Waals surface area contributed by atoms with Gasteiger partial charge in [0, 0.05) is 24.6 Å². The SMILES string of the molecule is CCNC(CCO)COc1cccc2c1OC(C)(C)C2. The van der Waals surface area contributed by atoms with Crippen molar-refractivity contribution in [2.24, 2.45) is 0 Å². The highest BCUT2D eigenvalue weighted by atomic mass is 16.5. The molecule has 2 N–H and O–H groups in total. The molecule has 2 rings (SSSR count). The van der Waals surface area contributed by atoms with E-state index in [1.54, 1.807) is 0 Å². The number of aliphatic hydroxyl groups is 1. The van der Waals surface area contributed by atoms with E-state index in [4.69, 9.17) is 14.6 Å². The average molecular weight is 279 g/mol. The van der Waals surface area contributed by atoms with Gasteiger partial charge in [0.05, 0.1) is 0 Å². The molecule has 4 heteroatoms.